The highest BCUT2D eigenvalue weighted by Gasteiger charge is 2.30. The van der Waals surface area contributed by atoms with Crippen LogP contribution in [-0.4, -0.2) is 55.8 Å². The summed E-state index contributed by atoms with van der Waals surface area (Å²) in [4.78, 5) is 20.0. The molecule has 130 heavy (non-hydrogen) atoms. The summed E-state index contributed by atoms with van der Waals surface area (Å²) >= 11 is 1.88. The fraction of sp³-hybridized carbons (Fsp3) is 0.138. The van der Waals surface area contributed by atoms with Crippen molar-refractivity contribution < 1.29 is 4.42 Å². The first-order valence-electron chi connectivity index (χ1n) is 44.8. The first-order chi connectivity index (χ1) is 63.0. The third-order valence-corrected chi connectivity index (χ3v) is 26.8. The van der Waals surface area contributed by atoms with E-state index >= 15 is 0 Å². The van der Waals surface area contributed by atoms with Crippen molar-refractivity contribution >= 4 is 165 Å². The van der Waals surface area contributed by atoms with Gasteiger partial charge in [0.15, 0.2) is 0 Å². The van der Waals surface area contributed by atoms with Crippen molar-refractivity contribution in [1.82, 2.24) is 55.8 Å². The number of aromatic nitrogens is 12. The zero-order chi connectivity index (χ0) is 88.4. The number of hydrogen-bond donors (Lipinski definition) is 0. The summed E-state index contributed by atoms with van der Waals surface area (Å²) in [6, 6.07) is 129. The molecule has 0 aliphatic heterocycles. The quantitative estimate of drug-likeness (QED) is 0.165. The number of benzene rings is 16. The maximum Gasteiger partial charge on any atom is 0.216 e. The predicted molar refractivity (Wildman–Crippen MR) is 546 cm³/mol. The molecule has 0 saturated heterocycles. The summed E-state index contributed by atoms with van der Waals surface area (Å²) in [6.45, 7) is 26.9. The Morgan fingerprint density at radius 1 is 0.215 bits per heavy atom. The molecule has 0 bridgehead atoms. The van der Waals surface area contributed by atoms with Gasteiger partial charge in [0.05, 0.1) is 88.3 Å². The second kappa shape index (κ2) is 30.2. The van der Waals surface area contributed by atoms with Crippen LogP contribution in [-0.2, 0) is 22.2 Å². The van der Waals surface area contributed by atoms with Gasteiger partial charge in [0, 0.05) is 58.7 Å². The molecule has 26 rings (SSSR count). The molecule has 0 amide bonds. The fourth-order valence-corrected chi connectivity index (χ4v) is 21.1. The Labute approximate surface area is 755 Å². The van der Waals surface area contributed by atoms with Crippen molar-refractivity contribution in [2.24, 2.45) is 0 Å². The number of nitrogens with zero attached hydrogens (tertiary/aromatic N) is 12. The van der Waals surface area contributed by atoms with Crippen molar-refractivity contribution in [2.75, 3.05) is 0 Å². The summed E-state index contributed by atoms with van der Waals surface area (Å²) in [5.41, 5.74) is 34.2. The Kier molecular flexibility index (Phi) is 18.4. The predicted octanol–water partition coefficient (Wildman–Crippen LogP) is 31.1. The first kappa shape index (κ1) is 79.3. The molecule has 10 aromatic heterocycles. The molecule has 0 spiro atoms. The topological polar surface area (TPSA) is 102 Å². The molecule has 26 aromatic rings. The van der Waals surface area contributed by atoms with Gasteiger partial charge in [-0.05, 0) is 260 Å². The molecule has 0 fully saturated rings. The maximum absolute atomic E-state index is 6.33. The summed E-state index contributed by atoms with van der Waals surface area (Å²) in [6.07, 6.45) is 0. The minimum absolute atomic E-state index is 0.0801. The standard InChI is InChI=1S/C29H23N3O.C29H23N3S.2C29H25N3/c2*1-29(2,3)32-24-16-15-18(17-25(24)31-23-13-6-5-12-22(23)30-28(31)32)19-10-8-11-21-20-9-4-7-14-26(20)33-27(19)21;1-29(2,3)32-26-17-16-23(22-13-9-12-21(18-22)20-10-5-4-6-11-20)19-27(26)31-25-15-8-7-14-24(25)30-28(31)32;1-29(2,3)32-26-18-17-23(22-15-13-21(14-16-22)20-9-5-4-6-10-20)19-27(26)31-25-12-8-7-11-24(25)30-28(31)32/h2*4-17H,1-3H3;2*4-19H,1-3H3. The number of para-hydroxylation sites is 10. The summed E-state index contributed by atoms with van der Waals surface area (Å²) in [5.74, 6) is 3.95. The SMILES string of the molecule is CC(C)(C)n1c2ccc(-c3ccc(-c4ccccc4)cc3)cc2n2c3ccccc3nc12.CC(C)(C)n1c2ccc(-c3cccc(-c4ccccc4)c3)cc2n2c3ccccc3nc12.CC(C)(C)n1c2ccc(-c3cccc4c3oc3ccccc34)cc2n2c3ccccc3nc12.CC(C)(C)n1c2ccc(-c3cccc4c3sc3ccccc34)cc2n2c3ccccc3nc12. The lowest BCUT2D eigenvalue weighted by molar-refractivity contribution is 0.418. The minimum Gasteiger partial charge on any atom is -0.455 e. The molecule has 0 unspecified atom stereocenters. The van der Waals surface area contributed by atoms with Crippen LogP contribution in [0.2, 0.25) is 0 Å². The van der Waals surface area contributed by atoms with Gasteiger partial charge in [0.2, 0.25) is 23.1 Å². The number of imidazole rings is 8. The number of furan rings is 1. The molecule has 0 aliphatic rings. The molecular formula is C116H96N12OS. The molecule has 0 radical (unpaired) electrons. The normalized spacial score (nSPS) is 12.5. The van der Waals surface area contributed by atoms with Crippen molar-refractivity contribution in [3.05, 3.63) is 364 Å². The lowest BCUT2D eigenvalue weighted by Gasteiger charge is -2.22. The van der Waals surface area contributed by atoms with Crippen LogP contribution in [0.1, 0.15) is 83.1 Å². The summed E-state index contributed by atoms with van der Waals surface area (Å²) in [7, 11) is 0. The van der Waals surface area contributed by atoms with Gasteiger partial charge in [0.25, 0.3) is 0 Å². The smallest absolute Gasteiger partial charge is 0.216 e. The zero-order valence-corrected chi connectivity index (χ0v) is 75.6. The maximum atomic E-state index is 6.33. The second-order valence-electron chi connectivity index (χ2n) is 38.2. The van der Waals surface area contributed by atoms with Crippen molar-refractivity contribution in [2.45, 2.75) is 105 Å². The third-order valence-electron chi connectivity index (χ3n) is 25.5. The monoisotopic (exact) mass is 1700 g/mol. The van der Waals surface area contributed by atoms with Crippen LogP contribution >= 0.6 is 11.3 Å². The van der Waals surface area contributed by atoms with Gasteiger partial charge in [-0.1, -0.05) is 249 Å². The Bertz CT molecular complexity index is 8700. The Morgan fingerprint density at radius 2 is 0.508 bits per heavy atom. The molecular weight excluding hydrogens is 1610 g/mol. The van der Waals surface area contributed by atoms with Gasteiger partial charge in [-0.3, -0.25) is 17.6 Å². The van der Waals surface area contributed by atoms with Gasteiger partial charge in [0.1, 0.15) is 11.2 Å². The van der Waals surface area contributed by atoms with E-state index in [0.29, 0.717) is 0 Å². The third kappa shape index (κ3) is 13.2. The van der Waals surface area contributed by atoms with E-state index in [2.05, 4.69) is 465 Å². The van der Waals surface area contributed by atoms with Gasteiger partial charge >= 0.3 is 0 Å². The van der Waals surface area contributed by atoms with E-state index in [-0.39, 0.29) is 22.2 Å². The average Bonchev–Trinajstić information content (AvgIpc) is 1.57. The molecule has 0 aliphatic carbocycles. The Balaban J connectivity index is 0.0000000988. The van der Waals surface area contributed by atoms with Crippen LogP contribution in [0.5, 0.6) is 0 Å². The lowest BCUT2D eigenvalue weighted by Crippen LogP contribution is -2.21. The van der Waals surface area contributed by atoms with Gasteiger partial charge in [-0.25, -0.2) is 19.9 Å². The van der Waals surface area contributed by atoms with E-state index in [0.717, 1.165) is 106 Å². The number of hydrogen-bond acceptors (Lipinski definition) is 6. The molecule has 16 aromatic carbocycles. The Hall–Kier alpha value is -15.4. The fourth-order valence-electron chi connectivity index (χ4n) is 19.9. The van der Waals surface area contributed by atoms with Crippen LogP contribution in [0.3, 0.4) is 0 Å². The Morgan fingerprint density at radius 3 is 0.954 bits per heavy atom. The van der Waals surface area contributed by atoms with Crippen LogP contribution in [0.15, 0.2) is 368 Å². The van der Waals surface area contributed by atoms with E-state index in [1.165, 1.54) is 114 Å². The molecule has 10 heterocycles. The summed E-state index contributed by atoms with van der Waals surface area (Å²) in [5, 5.41) is 4.96. The van der Waals surface area contributed by atoms with Crippen LogP contribution in [0, 0.1) is 0 Å². The number of fused-ring (bicyclic) bond motifs is 26. The molecule has 0 N–H and O–H groups in total. The molecule has 0 atom stereocenters. The average molecular weight is 1710 g/mol. The largest absolute Gasteiger partial charge is 0.455 e. The van der Waals surface area contributed by atoms with E-state index in [9.17, 15) is 0 Å². The van der Waals surface area contributed by atoms with Crippen molar-refractivity contribution in [3.63, 3.8) is 0 Å². The first-order valence-corrected chi connectivity index (χ1v) is 45.7. The van der Waals surface area contributed by atoms with E-state index in [4.69, 9.17) is 24.4 Å². The van der Waals surface area contributed by atoms with Gasteiger partial charge in [-0.2, -0.15) is 0 Å². The van der Waals surface area contributed by atoms with E-state index < -0.39 is 0 Å². The highest BCUT2D eigenvalue weighted by molar-refractivity contribution is 7.26. The second-order valence-corrected chi connectivity index (χ2v) is 39.3. The van der Waals surface area contributed by atoms with Crippen molar-refractivity contribution in [3.8, 4) is 66.8 Å². The van der Waals surface area contributed by atoms with Crippen LogP contribution in [0.4, 0.5) is 0 Å². The highest BCUT2D eigenvalue weighted by Crippen LogP contribution is 2.45. The lowest BCUT2D eigenvalue weighted by atomic mass is 9.98. The van der Waals surface area contributed by atoms with E-state index in [1.807, 2.05) is 29.5 Å². The minimum atomic E-state index is -0.107. The van der Waals surface area contributed by atoms with Gasteiger partial charge in [-0.15, -0.1) is 11.3 Å². The molecule has 13 nitrogen and oxygen atoms in total. The van der Waals surface area contributed by atoms with Gasteiger partial charge < -0.3 is 22.7 Å². The van der Waals surface area contributed by atoms with E-state index in [1.54, 1.807) is 0 Å². The molecule has 632 valence electrons. The highest BCUT2D eigenvalue weighted by atomic mass is 32.1. The molecule has 14 heteroatoms. The zero-order valence-electron chi connectivity index (χ0n) is 74.8. The van der Waals surface area contributed by atoms with Crippen LogP contribution in [0.25, 0.3) is 220 Å². The summed E-state index contributed by atoms with van der Waals surface area (Å²) < 4.78 is 27.6. The number of rotatable bonds is 6. The number of thiophene rings is 1. The molecule has 0 saturated carbocycles. The van der Waals surface area contributed by atoms with Crippen molar-refractivity contribution in [1.29, 1.82) is 0 Å². The van der Waals surface area contributed by atoms with Crippen LogP contribution < -0.4 is 0 Å².